The van der Waals surface area contributed by atoms with E-state index in [9.17, 15) is 4.79 Å². The van der Waals surface area contributed by atoms with Crippen LogP contribution in [0.2, 0.25) is 0 Å². The Morgan fingerprint density at radius 2 is 1.79 bits per heavy atom. The van der Waals surface area contributed by atoms with Crippen molar-refractivity contribution in [2.75, 3.05) is 0 Å². The lowest BCUT2D eigenvalue weighted by Crippen LogP contribution is -2.49. The fourth-order valence-electron chi connectivity index (χ4n) is 6.84. The smallest absolute Gasteiger partial charge is 0.234 e. The molecule has 4 saturated carbocycles. The molecule has 7 rings (SSSR count). The number of thiocarbonyl (C=S) groups is 1. The lowest BCUT2D eigenvalue weighted by molar-refractivity contribution is -0.128. The van der Waals surface area contributed by atoms with Crippen molar-refractivity contribution in [1.82, 2.24) is 30.4 Å². The minimum Gasteiger partial charge on any atom is -0.358 e. The summed E-state index contributed by atoms with van der Waals surface area (Å²) in [5.74, 6) is 3.42. The van der Waals surface area contributed by atoms with Gasteiger partial charge in [0.25, 0.3) is 0 Å². The molecule has 9 heteroatoms. The molecule has 4 aliphatic rings. The first-order valence-corrected chi connectivity index (χ1v) is 13.0. The first-order valence-electron chi connectivity index (χ1n) is 11.8. The molecule has 0 aliphatic heterocycles. The second kappa shape index (κ2) is 8.13. The third-order valence-electron chi connectivity index (χ3n) is 7.75. The van der Waals surface area contributed by atoms with Crippen LogP contribution in [0.3, 0.4) is 0 Å². The summed E-state index contributed by atoms with van der Waals surface area (Å²) in [7, 11) is 0. The Labute approximate surface area is 202 Å². The van der Waals surface area contributed by atoms with Crippen LogP contribution in [0.4, 0.5) is 0 Å². The van der Waals surface area contributed by atoms with Crippen LogP contribution in [0.1, 0.15) is 56.3 Å². The molecule has 0 unspecified atom stereocenters. The molecule has 2 aromatic heterocycles. The van der Waals surface area contributed by atoms with Crippen LogP contribution in [0.5, 0.6) is 0 Å². The molecule has 0 saturated heterocycles. The van der Waals surface area contributed by atoms with Crippen LogP contribution >= 0.6 is 23.6 Å². The van der Waals surface area contributed by atoms with E-state index in [-0.39, 0.29) is 11.3 Å². The van der Waals surface area contributed by atoms with Gasteiger partial charge >= 0.3 is 0 Å². The largest absolute Gasteiger partial charge is 0.358 e. The van der Waals surface area contributed by atoms with Crippen molar-refractivity contribution < 1.29 is 4.79 Å². The Kier molecular flexibility index (Phi) is 5.21. The van der Waals surface area contributed by atoms with Crippen molar-refractivity contribution in [3.63, 3.8) is 0 Å². The molecule has 4 bridgehead atoms. The van der Waals surface area contributed by atoms with Crippen molar-refractivity contribution in [1.29, 1.82) is 0 Å². The van der Waals surface area contributed by atoms with Gasteiger partial charge in [0.05, 0.1) is 0 Å². The molecular formula is C24H28N6OS2. The summed E-state index contributed by atoms with van der Waals surface area (Å²) in [5, 5.41) is 20.2. The van der Waals surface area contributed by atoms with Gasteiger partial charge in [0.1, 0.15) is 5.01 Å². The van der Waals surface area contributed by atoms with Crippen LogP contribution in [0.15, 0.2) is 24.3 Å². The Morgan fingerprint density at radius 3 is 2.42 bits per heavy atom. The molecule has 2 heterocycles. The highest BCUT2D eigenvalue weighted by Gasteiger charge is 2.51. The summed E-state index contributed by atoms with van der Waals surface area (Å²) in [6.45, 7) is 2.46. The lowest BCUT2D eigenvalue weighted by Gasteiger charge is -2.56. The third-order valence-corrected chi connectivity index (χ3v) is 8.95. The van der Waals surface area contributed by atoms with Gasteiger partial charge in [-0.1, -0.05) is 35.6 Å². The van der Waals surface area contributed by atoms with Gasteiger partial charge in [-0.25, -0.2) is 0 Å². The number of amides is 1. The van der Waals surface area contributed by atoms with Crippen LogP contribution in [-0.4, -0.2) is 30.8 Å². The van der Waals surface area contributed by atoms with Crippen molar-refractivity contribution in [3.8, 4) is 10.6 Å². The van der Waals surface area contributed by atoms with Gasteiger partial charge in [0.2, 0.25) is 10.9 Å². The van der Waals surface area contributed by atoms with Crippen molar-refractivity contribution in [2.45, 2.75) is 58.4 Å². The Hall–Kier alpha value is -2.39. The van der Waals surface area contributed by atoms with Crippen LogP contribution in [-0.2, 0) is 11.3 Å². The molecular weight excluding hydrogens is 452 g/mol. The van der Waals surface area contributed by atoms with Gasteiger partial charge in [-0.3, -0.25) is 4.79 Å². The summed E-state index contributed by atoms with van der Waals surface area (Å²) in [6, 6.07) is 8.20. The molecule has 0 spiro atoms. The predicted molar refractivity (Wildman–Crippen MR) is 132 cm³/mol. The number of benzene rings is 1. The molecule has 4 aliphatic carbocycles. The molecule has 3 aromatic rings. The van der Waals surface area contributed by atoms with Crippen LogP contribution in [0.25, 0.3) is 15.5 Å². The highest BCUT2D eigenvalue weighted by Crippen LogP contribution is 2.61. The zero-order valence-electron chi connectivity index (χ0n) is 18.7. The summed E-state index contributed by atoms with van der Waals surface area (Å²) in [6.07, 6.45) is 8.52. The van der Waals surface area contributed by atoms with E-state index in [1.807, 2.05) is 19.1 Å². The molecule has 1 aromatic carbocycles. The molecule has 2 N–H and O–H groups in total. The summed E-state index contributed by atoms with van der Waals surface area (Å²) >= 11 is 6.93. The maximum Gasteiger partial charge on any atom is 0.234 e. The number of hydrogen-bond donors (Lipinski definition) is 2. The molecule has 4 fully saturated rings. The maximum absolute atomic E-state index is 12.8. The molecule has 7 nitrogen and oxygen atoms in total. The highest BCUT2D eigenvalue weighted by molar-refractivity contribution is 7.80. The second-order valence-electron chi connectivity index (χ2n) is 10.4. The van der Waals surface area contributed by atoms with Crippen LogP contribution < -0.4 is 10.6 Å². The van der Waals surface area contributed by atoms with Gasteiger partial charge in [0, 0.05) is 18.5 Å². The van der Waals surface area contributed by atoms with Gasteiger partial charge in [-0.05, 0) is 86.4 Å². The number of nitrogens with one attached hydrogen (secondary N) is 2. The standard InChI is InChI=1S/C24H28N6OS2/c1-14-27-28-23-30(14)29-21(33-23)19-4-2-15(3-5-19)13-25-22(32)26-20(31)12-24-9-16-6-17(10-24)8-18(7-16)11-24/h2-5,16-18H,6-13H2,1H3,(H2,25,26,31,32). The van der Waals surface area contributed by atoms with Gasteiger partial charge in [-0.2, -0.15) is 9.61 Å². The number of aromatic nitrogens is 4. The zero-order chi connectivity index (χ0) is 22.6. The lowest BCUT2D eigenvalue weighted by atomic mass is 9.49. The topological polar surface area (TPSA) is 84.2 Å². The van der Waals surface area contributed by atoms with Gasteiger partial charge in [0.15, 0.2) is 10.9 Å². The average Bonchev–Trinajstić information content (AvgIpc) is 3.33. The highest BCUT2D eigenvalue weighted by atomic mass is 32.1. The number of rotatable bonds is 5. The first kappa shape index (κ1) is 21.2. The summed E-state index contributed by atoms with van der Waals surface area (Å²) in [5.41, 5.74) is 2.37. The van der Waals surface area contributed by atoms with Crippen molar-refractivity contribution in [3.05, 3.63) is 35.7 Å². The zero-order valence-corrected chi connectivity index (χ0v) is 20.3. The molecule has 33 heavy (non-hydrogen) atoms. The molecule has 0 radical (unpaired) electrons. The van der Waals surface area contributed by atoms with E-state index in [1.165, 1.54) is 49.9 Å². The number of fused-ring (bicyclic) bond motifs is 1. The van der Waals surface area contributed by atoms with Gasteiger partial charge < -0.3 is 10.6 Å². The van der Waals surface area contributed by atoms with E-state index in [0.717, 1.165) is 44.7 Å². The Balaban J connectivity index is 1.01. The van der Waals surface area contributed by atoms with E-state index in [2.05, 4.69) is 38.1 Å². The van der Waals surface area contributed by atoms with E-state index in [4.69, 9.17) is 12.2 Å². The summed E-state index contributed by atoms with van der Waals surface area (Å²) in [4.78, 5) is 13.6. The second-order valence-corrected chi connectivity index (χ2v) is 11.7. The van der Waals surface area contributed by atoms with Gasteiger partial charge in [-0.15, -0.1) is 10.2 Å². The number of aryl methyl sites for hydroxylation is 1. The minimum absolute atomic E-state index is 0.0726. The third kappa shape index (κ3) is 4.17. The SMILES string of the molecule is Cc1nnc2sc(-c3ccc(CNC(=S)NC(=O)CC45CC6CC(CC(C6)C4)C5)cc3)nn12. The Morgan fingerprint density at radius 1 is 1.12 bits per heavy atom. The minimum atomic E-state index is 0.0726. The fourth-order valence-corrected chi connectivity index (χ4v) is 7.92. The first-order chi connectivity index (χ1) is 15.9. The van der Waals surface area contributed by atoms with Crippen molar-refractivity contribution >= 4 is 39.5 Å². The molecule has 0 atom stereocenters. The van der Waals surface area contributed by atoms with E-state index < -0.39 is 0 Å². The Bertz CT molecular complexity index is 1180. The number of hydrogen-bond acceptors (Lipinski definition) is 6. The fraction of sp³-hybridized carbons (Fsp3) is 0.542. The van der Waals surface area contributed by atoms with Crippen molar-refractivity contribution in [2.24, 2.45) is 23.2 Å². The quantitative estimate of drug-likeness (QED) is 0.531. The predicted octanol–water partition coefficient (Wildman–Crippen LogP) is 4.26. The normalized spacial score (nSPS) is 27.7. The summed E-state index contributed by atoms with van der Waals surface area (Å²) < 4.78 is 1.76. The maximum atomic E-state index is 12.8. The number of carbonyl (C=O) groups excluding carboxylic acids is 1. The number of carbonyl (C=O) groups is 1. The van der Waals surface area contributed by atoms with E-state index in [1.54, 1.807) is 4.52 Å². The van der Waals surface area contributed by atoms with E-state index >= 15 is 0 Å². The monoisotopic (exact) mass is 480 g/mol. The van der Waals surface area contributed by atoms with Crippen LogP contribution in [0, 0.1) is 30.1 Å². The number of nitrogens with zero attached hydrogens (tertiary/aromatic N) is 4. The molecule has 172 valence electrons. The van der Waals surface area contributed by atoms with E-state index in [0.29, 0.717) is 18.1 Å². The molecule has 1 amide bonds. The average molecular weight is 481 g/mol.